The Morgan fingerprint density at radius 2 is 1.62 bits per heavy atom. The van der Waals surface area contributed by atoms with Gasteiger partial charge in [-0.2, -0.15) is 0 Å². The summed E-state index contributed by atoms with van der Waals surface area (Å²) < 4.78 is 13.2. The van der Waals surface area contributed by atoms with Crippen LogP contribution in [-0.4, -0.2) is 100 Å². The molecule has 0 radical (unpaired) electrons. The van der Waals surface area contributed by atoms with Crippen LogP contribution in [0.15, 0.2) is 59.8 Å². The Labute approximate surface area is 297 Å². The largest absolute Gasteiger partial charge is 0.496 e. The highest BCUT2D eigenvalue weighted by Gasteiger charge is 2.44. The molecule has 264 valence electrons. The lowest BCUT2D eigenvalue weighted by Gasteiger charge is -2.34. The minimum absolute atomic E-state index is 0.0300. The van der Waals surface area contributed by atoms with E-state index in [1.54, 1.807) is 50.8 Å². The first-order valence-electron chi connectivity index (χ1n) is 16.7. The van der Waals surface area contributed by atoms with Gasteiger partial charge in [-0.1, -0.05) is 5.92 Å². The van der Waals surface area contributed by atoms with Crippen molar-refractivity contribution < 1.29 is 33.4 Å². The van der Waals surface area contributed by atoms with Crippen LogP contribution in [0.5, 0.6) is 11.5 Å². The number of benzene rings is 2. The van der Waals surface area contributed by atoms with Crippen LogP contribution in [0, 0.1) is 11.8 Å². The number of fused-ring (bicyclic) bond motifs is 2. The van der Waals surface area contributed by atoms with Crippen molar-refractivity contribution in [2.45, 2.75) is 25.4 Å². The summed E-state index contributed by atoms with van der Waals surface area (Å²) in [5, 5.41) is 3.46. The number of aromatic nitrogens is 2. The monoisotopic (exact) mass is 702 g/mol. The van der Waals surface area contributed by atoms with Gasteiger partial charge in [-0.05, 0) is 53.8 Å². The molecule has 0 bridgehead atoms. The molecular formula is C38H34N6O8. The number of pyridine rings is 2. The number of rotatable bonds is 6. The molecule has 5 amide bonds. The van der Waals surface area contributed by atoms with Gasteiger partial charge in [0.1, 0.15) is 17.5 Å². The first-order chi connectivity index (χ1) is 25.1. The van der Waals surface area contributed by atoms with E-state index in [1.807, 2.05) is 18.2 Å². The van der Waals surface area contributed by atoms with Crippen molar-refractivity contribution in [3.63, 3.8) is 0 Å². The standard InChI is InChI=1S/C38H34N6O8/c1-41-20-28(24-10-11-39-19-27(24)36(41)48)23-17-31(51-2)29(32(18-23)52-3)21-42-12-14-43(15-13-42)34(46)9-5-22-4-6-25-26(16-22)38(50)44(37(25)49)30-7-8-33(45)40-35(30)47/h4,6,10-11,16-20,30H,7-8,12-15,21H2,1-3H3,(H,40,45,47). The molecule has 7 rings (SSSR count). The summed E-state index contributed by atoms with van der Waals surface area (Å²) in [4.78, 5) is 84.7. The van der Waals surface area contributed by atoms with Gasteiger partial charge in [0.25, 0.3) is 23.3 Å². The minimum Gasteiger partial charge on any atom is -0.496 e. The summed E-state index contributed by atoms with van der Waals surface area (Å²) in [6, 6.07) is 9.09. The zero-order valence-corrected chi connectivity index (χ0v) is 28.7. The van der Waals surface area contributed by atoms with E-state index in [1.165, 1.54) is 16.7 Å². The van der Waals surface area contributed by atoms with E-state index in [0.717, 1.165) is 27.0 Å². The molecule has 1 N–H and O–H groups in total. The zero-order chi connectivity index (χ0) is 36.7. The van der Waals surface area contributed by atoms with E-state index < -0.39 is 29.7 Å². The number of imide groups is 2. The summed E-state index contributed by atoms with van der Waals surface area (Å²) in [6.45, 7) is 2.53. The zero-order valence-electron chi connectivity index (χ0n) is 28.7. The number of nitrogens with zero attached hydrogens (tertiary/aromatic N) is 5. The molecule has 3 aliphatic rings. The van der Waals surface area contributed by atoms with E-state index >= 15 is 0 Å². The predicted molar refractivity (Wildman–Crippen MR) is 187 cm³/mol. The highest BCUT2D eigenvalue weighted by Crippen LogP contribution is 2.38. The van der Waals surface area contributed by atoms with Crippen molar-refractivity contribution in [3.8, 4) is 34.5 Å². The van der Waals surface area contributed by atoms with Crippen molar-refractivity contribution in [2.75, 3.05) is 40.4 Å². The second-order valence-corrected chi connectivity index (χ2v) is 12.8. The van der Waals surface area contributed by atoms with Gasteiger partial charge in [-0.3, -0.25) is 48.9 Å². The molecule has 2 aromatic heterocycles. The SMILES string of the molecule is COc1cc(-c2cn(C)c(=O)c3cnccc23)cc(OC)c1CN1CCN(C(=O)C#Cc2ccc3c(c2)C(=O)N(C2CCC(=O)NC2=O)C3=O)CC1. The molecule has 0 saturated carbocycles. The fourth-order valence-corrected chi connectivity index (χ4v) is 6.92. The number of methoxy groups -OCH3 is 2. The number of aryl methyl sites for hydroxylation is 1. The van der Waals surface area contributed by atoms with Crippen molar-refractivity contribution in [1.29, 1.82) is 0 Å². The average Bonchev–Trinajstić information content (AvgIpc) is 3.40. The molecule has 1 unspecified atom stereocenters. The molecule has 4 aromatic rings. The number of ether oxygens (including phenoxy) is 2. The highest BCUT2D eigenvalue weighted by atomic mass is 16.5. The summed E-state index contributed by atoms with van der Waals surface area (Å²) >= 11 is 0. The van der Waals surface area contributed by atoms with E-state index in [0.29, 0.717) is 55.2 Å². The van der Waals surface area contributed by atoms with Crippen molar-refractivity contribution in [2.24, 2.45) is 7.05 Å². The first kappa shape index (κ1) is 34.1. The third kappa shape index (κ3) is 6.15. The van der Waals surface area contributed by atoms with Gasteiger partial charge in [0.05, 0.1) is 36.3 Å². The molecule has 3 aliphatic heterocycles. The maximum atomic E-state index is 13.1. The van der Waals surface area contributed by atoms with Gasteiger partial charge in [-0.25, -0.2) is 0 Å². The fourth-order valence-electron chi connectivity index (χ4n) is 6.92. The van der Waals surface area contributed by atoms with Crippen LogP contribution in [0.25, 0.3) is 21.9 Å². The van der Waals surface area contributed by atoms with Gasteiger partial charge in [0.15, 0.2) is 0 Å². The average molecular weight is 703 g/mol. The lowest BCUT2D eigenvalue weighted by atomic mass is 9.99. The molecule has 5 heterocycles. The third-order valence-corrected chi connectivity index (χ3v) is 9.70. The number of hydrogen-bond donors (Lipinski definition) is 1. The van der Waals surface area contributed by atoms with Crippen molar-refractivity contribution in [1.82, 2.24) is 29.6 Å². The van der Waals surface area contributed by atoms with E-state index in [2.05, 4.69) is 27.0 Å². The van der Waals surface area contributed by atoms with Crippen LogP contribution in [0.1, 0.15) is 44.7 Å². The maximum Gasteiger partial charge on any atom is 0.298 e. The Balaban J connectivity index is 1.02. The Morgan fingerprint density at radius 3 is 2.31 bits per heavy atom. The molecule has 14 heteroatoms. The summed E-state index contributed by atoms with van der Waals surface area (Å²) in [5.74, 6) is 3.99. The van der Waals surface area contributed by atoms with Gasteiger partial charge in [0, 0.05) is 81.8 Å². The summed E-state index contributed by atoms with van der Waals surface area (Å²) in [7, 11) is 4.90. The fraction of sp³-hybridized carbons (Fsp3) is 0.289. The van der Waals surface area contributed by atoms with Crippen molar-refractivity contribution >= 4 is 40.3 Å². The highest BCUT2D eigenvalue weighted by molar-refractivity contribution is 6.23. The molecule has 14 nitrogen and oxygen atoms in total. The van der Waals surface area contributed by atoms with Crippen molar-refractivity contribution in [3.05, 3.63) is 87.6 Å². The van der Waals surface area contributed by atoms with Gasteiger partial charge in [0.2, 0.25) is 11.8 Å². The van der Waals surface area contributed by atoms with E-state index in [-0.39, 0.29) is 35.4 Å². The second-order valence-electron chi connectivity index (χ2n) is 12.8. The van der Waals surface area contributed by atoms with Gasteiger partial charge < -0.3 is 18.9 Å². The van der Waals surface area contributed by atoms with E-state index in [9.17, 15) is 28.8 Å². The number of amides is 5. The van der Waals surface area contributed by atoms with Crippen LogP contribution in [0.2, 0.25) is 0 Å². The lowest BCUT2D eigenvalue weighted by molar-refractivity contribution is -0.136. The van der Waals surface area contributed by atoms with Gasteiger partial charge in [-0.15, -0.1) is 0 Å². The predicted octanol–water partition coefficient (Wildman–Crippen LogP) is 1.71. The Kier molecular flexibility index (Phi) is 9.04. The number of piperidine rings is 1. The van der Waals surface area contributed by atoms with Gasteiger partial charge >= 0.3 is 0 Å². The minimum atomic E-state index is -1.06. The Hall–Kier alpha value is -6.33. The van der Waals surface area contributed by atoms with Crippen LogP contribution < -0.4 is 20.3 Å². The summed E-state index contributed by atoms with van der Waals surface area (Å²) in [5.41, 5.74) is 3.00. The lowest BCUT2D eigenvalue weighted by Crippen LogP contribution is -2.54. The molecule has 0 spiro atoms. The molecular weight excluding hydrogens is 668 g/mol. The van der Waals surface area contributed by atoms with Crippen LogP contribution in [0.3, 0.4) is 0 Å². The second kappa shape index (κ2) is 13.8. The Morgan fingerprint density at radius 1 is 0.904 bits per heavy atom. The van der Waals surface area contributed by atoms with Crippen LogP contribution >= 0.6 is 0 Å². The van der Waals surface area contributed by atoms with E-state index in [4.69, 9.17) is 9.47 Å². The maximum absolute atomic E-state index is 13.1. The molecule has 1 atom stereocenters. The molecule has 0 aliphatic carbocycles. The smallest absolute Gasteiger partial charge is 0.298 e. The summed E-state index contributed by atoms with van der Waals surface area (Å²) in [6.07, 6.45) is 5.11. The normalized spacial score (nSPS) is 17.5. The van der Waals surface area contributed by atoms with Crippen LogP contribution in [0.4, 0.5) is 0 Å². The molecule has 2 saturated heterocycles. The molecule has 52 heavy (non-hydrogen) atoms. The number of nitrogens with one attached hydrogen (secondary N) is 1. The topological polar surface area (TPSA) is 160 Å². The van der Waals surface area contributed by atoms with Crippen LogP contribution in [-0.2, 0) is 28.0 Å². The number of carbonyl (C=O) groups excluding carboxylic acids is 5. The molecule has 2 fully saturated rings. The number of hydrogen-bond acceptors (Lipinski definition) is 10. The quantitative estimate of drug-likeness (QED) is 0.232. The molecule has 2 aromatic carbocycles. The number of carbonyl (C=O) groups is 5. The number of piperazine rings is 1. The Bertz CT molecular complexity index is 2290. The first-order valence-corrected chi connectivity index (χ1v) is 16.7. The third-order valence-electron chi connectivity index (χ3n) is 9.70.